The van der Waals surface area contributed by atoms with Gasteiger partial charge >= 0.3 is 0 Å². The summed E-state index contributed by atoms with van der Waals surface area (Å²) in [5.41, 5.74) is 4.60. The number of carbonyl (C=O) groups excluding carboxylic acids is 1. The van der Waals surface area contributed by atoms with Gasteiger partial charge in [-0.2, -0.15) is 5.10 Å². The average molecular weight is 447 g/mol. The molecular weight excluding hydrogens is 412 g/mol. The van der Waals surface area contributed by atoms with Crippen LogP contribution in [-0.4, -0.2) is 36.8 Å². The Bertz CT molecular complexity index is 1120. The van der Waals surface area contributed by atoms with Crippen molar-refractivity contribution in [2.45, 2.75) is 72.7 Å². The first-order chi connectivity index (χ1) is 14.4. The fraction of sp³-hybridized carbons (Fsp3) is 0.500. The van der Waals surface area contributed by atoms with Crippen LogP contribution in [0.4, 0.5) is 0 Å². The molecular formula is C24H34N2O4S. The van der Waals surface area contributed by atoms with Crippen molar-refractivity contribution < 1.29 is 17.9 Å². The number of carbonyl (C=O) groups is 1. The summed E-state index contributed by atoms with van der Waals surface area (Å²) in [5, 5.41) is 4.49. The standard InChI is InChI=1S/C24H34N2O4S/c1-9-11-14-30-24-22(18(7)25-26(24)10-2)23(27)19-12-13-20(31(8,28)29)21(17(19)6)16(5)15(3)4/h12-13H,9-11,14H2,1-8H3. The molecule has 1 heterocycles. The molecule has 0 aliphatic heterocycles. The van der Waals surface area contributed by atoms with E-state index in [0.717, 1.165) is 24.0 Å². The molecule has 0 amide bonds. The SMILES string of the molecule is CCCCOc1c(C(=O)c2ccc(S(C)(=O)=O)c(C(C)=C(C)C)c2C)c(C)nn1CC. The van der Waals surface area contributed by atoms with Gasteiger partial charge in [-0.05, 0) is 76.8 Å². The first-order valence-corrected chi connectivity index (χ1v) is 12.6. The number of ketones is 1. The summed E-state index contributed by atoms with van der Waals surface area (Å²) >= 11 is 0. The number of benzene rings is 1. The van der Waals surface area contributed by atoms with Crippen molar-refractivity contribution in [1.82, 2.24) is 9.78 Å². The molecule has 6 nitrogen and oxygen atoms in total. The van der Waals surface area contributed by atoms with Crippen LogP contribution in [0, 0.1) is 13.8 Å². The molecule has 0 saturated carbocycles. The maximum Gasteiger partial charge on any atom is 0.223 e. The molecule has 1 aromatic carbocycles. The van der Waals surface area contributed by atoms with Gasteiger partial charge in [0.1, 0.15) is 5.56 Å². The van der Waals surface area contributed by atoms with Crippen molar-refractivity contribution >= 4 is 21.2 Å². The lowest BCUT2D eigenvalue weighted by Crippen LogP contribution is -2.13. The van der Waals surface area contributed by atoms with E-state index in [1.807, 2.05) is 27.7 Å². The molecule has 0 atom stereocenters. The number of rotatable bonds is 9. The Morgan fingerprint density at radius 3 is 2.26 bits per heavy atom. The Balaban J connectivity index is 2.74. The van der Waals surface area contributed by atoms with Crippen LogP contribution in [0.25, 0.3) is 5.57 Å². The van der Waals surface area contributed by atoms with E-state index < -0.39 is 9.84 Å². The lowest BCUT2D eigenvalue weighted by Gasteiger charge is -2.17. The Kier molecular flexibility index (Phi) is 7.87. The van der Waals surface area contributed by atoms with Crippen LogP contribution < -0.4 is 4.74 Å². The van der Waals surface area contributed by atoms with Crippen LogP contribution >= 0.6 is 0 Å². The zero-order valence-electron chi connectivity index (χ0n) is 19.9. The van der Waals surface area contributed by atoms with Crippen LogP contribution in [0.2, 0.25) is 0 Å². The minimum absolute atomic E-state index is 0.205. The van der Waals surface area contributed by atoms with E-state index in [4.69, 9.17) is 4.74 Å². The predicted molar refractivity (Wildman–Crippen MR) is 125 cm³/mol. The third kappa shape index (κ3) is 5.09. The average Bonchev–Trinajstić information content (AvgIpc) is 3.01. The van der Waals surface area contributed by atoms with Gasteiger partial charge < -0.3 is 4.74 Å². The summed E-state index contributed by atoms with van der Waals surface area (Å²) in [6.45, 7) is 14.5. The van der Waals surface area contributed by atoms with Crippen molar-refractivity contribution in [3.63, 3.8) is 0 Å². The third-order valence-corrected chi connectivity index (χ3v) is 6.68. The lowest BCUT2D eigenvalue weighted by atomic mass is 9.91. The second-order valence-electron chi connectivity index (χ2n) is 8.12. The van der Waals surface area contributed by atoms with Crippen molar-refractivity contribution in [2.75, 3.05) is 12.9 Å². The van der Waals surface area contributed by atoms with Crippen LogP contribution in [0.1, 0.15) is 80.2 Å². The fourth-order valence-corrected chi connectivity index (χ4v) is 4.58. The highest BCUT2D eigenvalue weighted by molar-refractivity contribution is 7.90. The van der Waals surface area contributed by atoms with E-state index in [9.17, 15) is 13.2 Å². The van der Waals surface area contributed by atoms with Crippen molar-refractivity contribution in [1.29, 1.82) is 0 Å². The number of allylic oxidation sites excluding steroid dienone is 2. The van der Waals surface area contributed by atoms with Crippen LogP contribution in [0.15, 0.2) is 22.6 Å². The van der Waals surface area contributed by atoms with E-state index in [-0.39, 0.29) is 10.7 Å². The van der Waals surface area contributed by atoms with E-state index in [1.165, 1.54) is 12.3 Å². The minimum atomic E-state index is -3.46. The first kappa shape index (κ1) is 24.9. The van der Waals surface area contributed by atoms with Crippen molar-refractivity contribution in [3.05, 3.63) is 45.7 Å². The highest BCUT2D eigenvalue weighted by atomic mass is 32.2. The largest absolute Gasteiger partial charge is 0.477 e. The van der Waals surface area contributed by atoms with E-state index in [1.54, 1.807) is 24.6 Å². The zero-order valence-corrected chi connectivity index (χ0v) is 20.7. The number of sulfone groups is 1. The first-order valence-electron chi connectivity index (χ1n) is 10.7. The number of hydrogen-bond donors (Lipinski definition) is 0. The summed E-state index contributed by atoms with van der Waals surface area (Å²) in [5.74, 6) is 0.273. The van der Waals surface area contributed by atoms with Crippen LogP contribution in [-0.2, 0) is 16.4 Å². The van der Waals surface area contributed by atoms with Gasteiger partial charge in [0.15, 0.2) is 9.84 Å². The number of nitrogens with zero attached hydrogens (tertiary/aromatic N) is 2. The van der Waals surface area contributed by atoms with Crippen molar-refractivity contribution in [3.8, 4) is 5.88 Å². The molecule has 0 aliphatic carbocycles. The highest BCUT2D eigenvalue weighted by Crippen LogP contribution is 2.34. The second kappa shape index (κ2) is 9.81. The lowest BCUT2D eigenvalue weighted by molar-refractivity contribution is 0.103. The van der Waals surface area contributed by atoms with Gasteiger partial charge in [-0.25, -0.2) is 13.1 Å². The summed E-state index contributed by atoms with van der Waals surface area (Å²) in [4.78, 5) is 13.9. The van der Waals surface area contributed by atoms with Crippen LogP contribution in [0.3, 0.4) is 0 Å². The maximum absolute atomic E-state index is 13.7. The van der Waals surface area contributed by atoms with Gasteiger partial charge in [0.2, 0.25) is 11.7 Å². The predicted octanol–water partition coefficient (Wildman–Crippen LogP) is 5.15. The van der Waals surface area contributed by atoms with Gasteiger partial charge in [0.25, 0.3) is 0 Å². The Morgan fingerprint density at radius 2 is 1.74 bits per heavy atom. The molecule has 0 bridgehead atoms. The number of aryl methyl sites for hydroxylation is 2. The zero-order chi connectivity index (χ0) is 23.5. The maximum atomic E-state index is 13.7. The molecule has 0 spiro atoms. The van der Waals surface area contributed by atoms with Gasteiger partial charge in [-0.15, -0.1) is 0 Å². The Morgan fingerprint density at radius 1 is 1.10 bits per heavy atom. The molecule has 170 valence electrons. The number of ether oxygens (including phenoxy) is 1. The summed E-state index contributed by atoms with van der Waals surface area (Å²) < 4.78 is 32.6. The van der Waals surface area contributed by atoms with Gasteiger partial charge in [0.05, 0.1) is 17.2 Å². The molecule has 0 aliphatic rings. The smallest absolute Gasteiger partial charge is 0.223 e. The summed E-state index contributed by atoms with van der Waals surface area (Å²) in [7, 11) is -3.46. The van der Waals surface area contributed by atoms with E-state index >= 15 is 0 Å². The molecule has 31 heavy (non-hydrogen) atoms. The Labute approximate surface area is 186 Å². The molecule has 2 rings (SSSR count). The van der Waals surface area contributed by atoms with Crippen molar-refractivity contribution in [2.24, 2.45) is 0 Å². The Hall–Kier alpha value is -2.41. The monoisotopic (exact) mass is 446 g/mol. The van der Waals surface area contributed by atoms with Gasteiger partial charge in [-0.3, -0.25) is 4.79 Å². The molecule has 1 aromatic heterocycles. The van der Waals surface area contributed by atoms with Crippen LogP contribution in [0.5, 0.6) is 5.88 Å². The molecule has 0 N–H and O–H groups in total. The van der Waals surface area contributed by atoms with Gasteiger partial charge in [0, 0.05) is 18.4 Å². The molecule has 0 radical (unpaired) electrons. The number of aromatic nitrogens is 2. The quantitative estimate of drug-likeness (QED) is 0.393. The normalized spacial score (nSPS) is 11.5. The van der Waals surface area contributed by atoms with Gasteiger partial charge in [-0.1, -0.05) is 18.9 Å². The molecule has 0 unspecified atom stereocenters. The third-order valence-electron chi connectivity index (χ3n) is 5.54. The number of unbranched alkanes of at least 4 members (excludes halogenated alkanes) is 1. The molecule has 7 heteroatoms. The van der Waals surface area contributed by atoms with E-state index in [0.29, 0.717) is 47.0 Å². The topological polar surface area (TPSA) is 78.3 Å². The molecule has 0 fully saturated rings. The molecule has 0 saturated heterocycles. The summed E-state index contributed by atoms with van der Waals surface area (Å²) in [6.07, 6.45) is 3.06. The summed E-state index contributed by atoms with van der Waals surface area (Å²) in [6, 6.07) is 3.14. The van der Waals surface area contributed by atoms with E-state index in [2.05, 4.69) is 12.0 Å². The highest BCUT2D eigenvalue weighted by Gasteiger charge is 2.27. The molecule has 2 aromatic rings. The second-order valence-corrected chi connectivity index (χ2v) is 10.1. The fourth-order valence-electron chi connectivity index (χ4n) is 3.59. The minimum Gasteiger partial charge on any atom is -0.477 e. The number of hydrogen-bond acceptors (Lipinski definition) is 5.